The van der Waals surface area contributed by atoms with Crippen LogP contribution in [0.3, 0.4) is 0 Å². The number of carbonyl (C=O) groups is 3. The van der Waals surface area contributed by atoms with Crippen LogP contribution in [0.1, 0.15) is 17.3 Å². The predicted molar refractivity (Wildman–Crippen MR) is 131 cm³/mol. The van der Waals surface area contributed by atoms with Crippen molar-refractivity contribution >= 4 is 58.0 Å². The molecule has 0 aromatic heterocycles. The van der Waals surface area contributed by atoms with Crippen LogP contribution in [-0.2, 0) is 9.59 Å². The van der Waals surface area contributed by atoms with Crippen molar-refractivity contribution in [3.63, 3.8) is 0 Å². The Kier molecular flexibility index (Phi) is 6.49. The van der Waals surface area contributed by atoms with Crippen LogP contribution in [-0.4, -0.2) is 24.3 Å². The Morgan fingerprint density at radius 1 is 0.909 bits per heavy atom. The van der Waals surface area contributed by atoms with E-state index in [4.69, 9.17) is 23.2 Å². The van der Waals surface area contributed by atoms with Crippen LogP contribution in [0.15, 0.2) is 89.6 Å². The lowest BCUT2D eigenvalue weighted by atomic mass is 10.1. The molecule has 1 N–H and O–H groups in total. The van der Waals surface area contributed by atoms with Gasteiger partial charge in [0, 0.05) is 28.5 Å². The van der Waals surface area contributed by atoms with E-state index in [1.807, 2.05) is 37.3 Å². The summed E-state index contributed by atoms with van der Waals surface area (Å²) < 4.78 is 0. The first kappa shape index (κ1) is 22.6. The molecule has 0 atom stereocenters. The first-order valence-electron chi connectivity index (χ1n) is 10.2. The molecule has 1 aliphatic rings. The average Bonchev–Trinajstić information content (AvgIpc) is 3.03. The monoisotopic (exact) mass is 479 g/mol. The van der Waals surface area contributed by atoms with Crippen LogP contribution < -0.4 is 15.1 Å². The second kappa shape index (κ2) is 9.48. The number of para-hydroxylation sites is 1. The molecule has 3 aromatic rings. The molecule has 0 aliphatic carbocycles. The van der Waals surface area contributed by atoms with Gasteiger partial charge in [-0.05, 0) is 61.5 Å². The molecule has 33 heavy (non-hydrogen) atoms. The Labute approximate surface area is 201 Å². The van der Waals surface area contributed by atoms with Gasteiger partial charge in [-0.1, -0.05) is 47.5 Å². The number of carbonyl (C=O) groups excluding carboxylic acids is 3. The number of amides is 3. The minimum absolute atomic E-state index is 0.0415. The van der Waals surface area contributed by atoms with Crippen LogP contribution in [0.2, 0.25) is 5.02 Å². The van der Waals surface area contributed by atoms with Gasteiger partial charge in [0.1, 0.15) is 10.7 Å². The van der Waals surface area contributed by atoms with Gasteiger partial charge in [0.15, 0.2) is 0 Å². The number of nitrogens with one attached hydrogen (secondary N) is 1. The highest BCUT2D eigenvalue weighted by Gasteiger charge is 2.39. The fourth-order valence-electron chi connectivity index (χ4n) is 3.51. The van der Waals surface area contributed by atoms with E-state index in [2.05, 4.69) is 5.32 Å². The van der Waals surface area contributed by atoms with E-state index in [9.17, 15) is 14.4 Å². The third-order valence-corrected chi connectivity index (χ3v) is 5.71. The summed E-state index contributed by atoms with van der Waals surface area (Å²) in [4.78, 5) is 41.1. The minimum atomic E-state index is -0.639. The van der Waals surface area contributed by atoms with E-state index in [1.165, 1.54) is 6.07 Å². The Hall–Kier alpha value is -3.61. The quantitative estimate of drug-likeness (QED) is 0.477. The fraction of sp³-hybridized carbons (Fsp3) is 0.0800. The molecule has 8 heteroatoms. The van der Waals surface area contributed by atoms with Crippen molar-refractivity contribution in [2.45, 2.75) is 6.92 Å². The van der Waals surface area contributed by atoms with Gasteiger partial charge in [-0.25, -0.2) is 4.90 Å². The minimum Gasteiger partial charge on any atom is -0.350 e. The summed E-state index contributed by atoms with van der Waals surface area (Å²) in [5.74, 6) is -1.37. The van der Waals surface area contributed by atoms with E-state index in [1.54, 1.807) is 47.4 Å². The molecule has 4 rings (SSSR count). The topological polar surface area (TPSA) is 69.7 Å². The Bertz CT molecular complexity index is 1260. The van der Waals surface area contributed by atoms with E-state index in [-0.39, 0.29) is 16.6 Å². The van der Waals surface area contributed by atoms with Crippen molar-refractivity contribution in [3.8, 4) is 0 Å². The molecule has 3 amide bonds. The van der Waals surface area contributed by atoms with Crippen molar-refractivity contribution in [2.24, 2.45) is 0 Å². The molecule has 0 radical (unpaired) electrons. The standard InChI is InChI=1S/C25H19Cl2N3O3/c1-2-29(19-8-4-3-5-9-19)23(31)16-11-13-18(14-12-16)28-22-21(27)24(32)30(25(22)33)20-10-6-7-17(26)15-20/h3-15,28H,2H2,1H3. The molecule has 166 valence electrons. The molecule has 3 aromatic carbocycles. The van der Waals surface area contributed by atoms with Crippen molar-refractivity contribution in [1.82, 2.24) is 0 Å². The molecule has 1 aliphatic heterocycles. The van der Waals surface area contributed by atoms with Crippen LogP contribution in [0.5, 0.6) is 0 Å². The smallest absolute Gasteiger partial charge is 0.283 e. The van der Waals surface area contributed by atoms with Crippen molar-refractivity contribution in [1.29, 1.82) is 0 Å². The summed E-state index contributed by atoms with van der Waals surface area (Å²) >= 11 is 12.2. The van der Waals surface area contributed by atoms with Crippen molar-refractivity contribution < 1.29 is 14.4 Å². The highest BCUT2D eigenvalue weighted by molar-refractivity contribution is 6.53. The zero-order valence-corrected chi connectivity index (χ0v) is 19.1. The number of hydrogen-bond donors (Lipinski definition) is 1. The summed E-state index contributed by atoms with van der Waals surface area (Å²) in [5.41, 5.74) is 2.09. The van der Waals surface area contributed by atoms with E-state index in [0.717, 1.165) is 10.6 Å². The van der Waals surface area contributed by atoms with Crippen LogP contribution >= 0.6 is 23.2 Å². The second-order valence-electron chi connectivity index (χ2n) is 7.20. The highest BCUT2D eigenvalue weighted by atomic mass is 35.5. The van der Waals surface area contributed by atoms with Crippen LogP contribution in [0.25, 0.3) is 0 Å². The molecular formula is C25H19Cl2N3O3. The van der Waals surface area contributed by atoms with Gasteiger partial charge in [-0.3, -0.25) is 14.4 Å². The molecule has 0 fully saturated rings. The summed E-state index contributed by atoms with van der Waals surface area (Å²) in [5, 5.41) is 3.07. The van der Waals surface area contributed by atoms with Crippen molar-refractivity contribution in [3.05, 3.63) is 100 Å². The average molecular weight is 480 g/mol. The molecule has 0 saturated heterocycles. The number of benzene rings is 3. The maximum absolute atomic E-state index is 13.0. The lowest BCUT2D eigenvalue weighted by Gasteiger charge is -2.21. The number of imide groups is 1. The van der Waals surface area contributed by atoms with Gasteiger partial charge < -0.3 is 10.2 Å². The molecule has 1 heterocycles. The van der Waals surface area contributed by atoms with Gasteiger partial charge >= 0.3 is 0 Å². The lowest BCUT2D eigenvalue weighted by Crippen LogP contribution is -2.32. The number of hydrogen-bond acceptors (Lipinski definition) is 4. The number of rotatable bonds is 6. The zero-order valence-electron chi connectivity index (χ0n) is 17.6. The Morgan fingerprint density at radius 3 is 2.24 bits per heavy atom. The van der Waals surface area contributed by atoms with E-state index < -0.39 is 11.8 Å². The maximum Gasteiger partial charge on any atom is 0.283 e. The van der Waals surface area contributed by atoms with Gasteiger partial charge in [-0.2, -0.15) is 0 Å². The number of anilines is 3. The van der Waals surface area contributed by atoms with Gasteiger partial charge in [0.2, 0.25) is 0 Å². The predicted octanol–water partition coefficient (Wildman–Crippen LogP) is 5.44. The van der Waals surface area contributed by atoms with Crippen molar-refractivity contribution in [2.75, 3.05) is 21.7 Å². The molecule has 0 saturated carbocycles. The van der Waals surface area contributed by atoms with Crippen LogP contribution in [0.4, 0.5) is 17.1 Å². The highest BCUT2D eigenvalue weighted by Crippen LogP contribution is 2.31. The van der Waals surface area contributed by atoms with E-state index >= 15 is 0 Å². The SMILES string of the molecule is CCN(C(=O)c1ccc(NC2=C(Cl)C(=O)N(c3cccc(Cl)c3)C2=O)cc1)c1ccccc1. The Balaban J connectivity index is 1.52. The largest absolute Gasteiger partial charge is 0.350 e. The molecule has 0 spiro atoms. The molecular weight excluding hydrogens is 461 g/mol. The Morgan fingerprint density at radius 2 is 1.61 bits per heavy atom. The zero-order chi connectivity index (χ0) is 23.5. The maximum atomic E-state index is 13.0. The molecule has 6 nitrogen and oxygen atoms in total. The first-order valence-corrected chi connectivity index (χ1v) is 10.9. The first-order chi connectivity index (χ1) is 15.9. The van der Waals surface area contributed by atoms with Gasteiger partial charge in [0.05, 0.1) is 5.69 Å². The van der Waals surface area contributed by atoms with E-state index in [0.29, 0.717) is 28.5 Å². The summed E-state index contributed by atoms with van der Waals surface area (Å²) in [6.07, 6.45) is 0. The lowest BCUT2D eigenvalue weighted by molar-refractivity contribution is -0.120. The van der Waals surface area contributed by atoms with Gasteiger partial charge in [-0.15, -0.1) is 0 Å². The van der Waals surface area contributed by atoms with Gasteiger partial charge in [0.25, 0.3) is 17.7 Å². The third kappa shape index (κ3) is 4.49. The summed E-state index contributed by atoms with van der Waals surface area (Å²) in [7, 11) is 0. The fourth-order valence-corrected chi connectivity index (χ4v) is 3.91. The third-order valence-electron chi connectivity index (χ3n) is 5.12. The molecule has 0 unspecified atom stereocenters. The normalized spacial score (nSPS) is 13.5. The van der Waals surface area contributed by atoms with Crippen LogP contribution in [0, 0.1) is 0 Å². The molecule has 0 bridgehead atoms. The summed E-state index contributed by atoms with van der Waals surface area (Å²) in [6.45, 7) is 2.42. The number of halogens is 2. The second-order valence-corrected chi connectivity index (χ2v) is 8.02. The number of nitrogens with zero attached hydrogens (tertiary/aromatic N) is 2. The summed E-state index contributed by atoms with van der Waals surface area (Å²) in [6, 6.07) is 22.4.